The van der Waals surface area contributed by atoms with Gasteiger partial charge >= 0.3 is 6.09 Å². The molecule has 1 fully saturated rings. The Morgan fingerprint density at radius 2 is 1.52 bits per heavy atom. The van der Waals surface area contributed by atoms with Crippen LogP contribution in [0.25, 0.3) is 16.7 Å². The van der Waals surface area contributed by atoms with Gasteiger partial charge in [0.05, 0.1) is 6.04 Å². The Morgan fingerprint density at radius 3 is 2.18 bits per heavy atom. The molecule has 3 nitrogen and oxygen atoms in total. The first-order chi connectivity index (χ1) is 16.2. The fourth-order valence-corrected chi connectivity index (χ4v) is 6.12. The quantitative estimate of drug-likeness (QED) is 0.450. The van der Waals surface area contributed by atoms with Crippen LogP contribution in [-0.2, 0) is 11.2 Å². The molecule has 2 aliphatic heterocycles. The van der Waals surface area contributed by atoms with Crippen LogP contribution in [0.1, 0.15) is 54.4 Å². The molecule has 3 aliphatic rings. The number of rotatable bonds is 4. The highest BCUT2D eigenvalue weighted by atomic mass is 16.6. The van der Waals surface area contributed by atoms with Gasteiger partial charge in [0.25, 0.3) is 0 Å². The lowest BCUT2D eigenvalue weighted by Gasteiger charge is -2.34. The van der Waals surface area contributed by atoms with Crippen molar-refractivity contribution in [1.29, 1.82) is 0 Å². The summed E-state index contributed by atoms with van der Waals surface area (Å²) in [6, 6.07) is 26.0. The molecular weight excluding hydrogens is 406 g/mol. The number of amides is 1. The molecular formula is C30H29NO2. The fraction of sp³-hybridized carbons (Fsp3) is 0.300. The fourth-order valence-electron chi connectivity index (χ4n) is 6.12. The smallest absolute Gasteiger partial charge is 0.410 e. The van der Waals surface area contributed by atoms with Gasteiger partial charge in [0, 0.05) is 12.0 Å². The van der Waals surface area contributed by atoms with E-state index in [9.17, 15) is 4.79 Å². The van der Waals surface area contributed by atoms with Crippen molar-refractivity contribution in [2.75, 3.05) is 6.61 Å². The number of carbonyl (C=O) groups is 1. The van der Waals surface area contributed by atoms with Gasteiger partial charge in [-0.2, -0.15) is 0 Å². The zero-order chi connectivity index (χ0) is 22.4. The van der Waals surface area contributed by atoms with Crippen molar-refractivity contribution in [3.8, 4) is 11.1 Å². The SMILES string of the molecule is CCc1ccccc1C1=CC2CCC(C1)N2C(=O)OCC1c2ccccc2-c2ccccc21. The Balaban J connectivity index is 1.21. The maximum absolute atomic E-state index is 13.3. The number of hydrogen-bond acceptors (Lipinski definition) is 2. The molecule has 33 heavy (non-hydrogen) atoms. The molecule has 2 unspecified atom stereocenters. The van der Waals surface area contributed by atoms with Crippen molar-refractivity contribution >= 4 is 11.7 Å². The minimum Gasteiger partial charge on any atom is -0.448 e. The van der Waals surface area contributed by atoms with E-state index in [0.717, 1.165) is 25.7 Å². The molecule has 0 radical (unpaired) electrons. The average Bonchev–Trinajstić information content (AvgIpc) is 3.33. The number of ether oxygens (including phenoxy) is 1. The van der Waals surface area contributed by atoms with Gasteiger partial charge in [-0.05, 0) is 64.6 Å². The summed E-state index contributed by atoms with van der Waals surface area (Å²) >= 11 is 0. The third-order valence-electron chi connectivity index (χ3n) is 7.69. The normalized spacial score (nSPS) is 20.9. The van der Waals surface area contributed by atoms with Crippen LogP contribution in [0.3, 0.4) is 0 Å². The van der Waals surface area contributed by atoms with Gasteiger partial charge in [-0.25, -0.2) is 4.79 Å². The van der Waals surface area contributed by atoms with E-state index in [1.54, 1.807) is 0 Å². The van der Waals surface area contributed by atoms with Gasteiger partial charge in [0.1, 0.15) is 6.61 Å². The predicted octanol–water partition coefficient (Wildman–Crippen LogP) is 6.82. The Kier molecular flexibility index (Phi) is 5.05. The Hall–Kier alpha value is -3.33. The second kappa shape index (κ2) is 8.22. The highest BCUT2D eigenvalue weighted by Crippen LogP contribution is 2.45. The third-order valence-corrected chi connectivity index (χ3v) is 7.69. The zero-order valence-corrected chi connectivity index (χ0v) is 19.0. The van der Waals surface area contributed by atoms with Gasteiger partial charge in [-0.15, -0.1) is 0 Å². The lowest BCUT2D eigenvalue weighted by molar-refractivity contribution is 0.0866. The highest BCUT2D eigenvalue weighted by Gasteiger charge is 2.41. The summed E-state index contributed by atoms with van der Waals surface area (Å²) in [5.74, 6) is 0.103. The number of aryl methyl sites for hydroxylation is 1. The summed E-state index contributed by atoms with van der Waals surface area (Å²) in [7, 11) is 0. The first-order valence-corrected chi connectivity index (χ1v) is 12.2. The maximum Gasteiger partial charge on any atom is 0.410 e. The van der Waals surface area contributed by atoms with Crippen molar-refractivity contribution in [3.05, 3.63) is 101 Å². The van der Waals surface area contributed by atoms with Gasteiger partial charge in [0.2, 0.25) is 0 Å². The first-order valence-electron chi connectivity index (χ1n) is 12.2. The highest BCUT2D eigenvalue weighted by molar-refractivity contribution is 5.79. The van der Waals surface area contributed by atoms with Gasteiger partial charge in [0.15, 0.2) is 0 Å². The molecule has 0 aromatic heterocycles. The number of fused-ring (bicyclic) bond motifs is 5. The largest absolute Gasteiger partial charge is 0.448 e. The summed E-state index contributed by atoms with van der Waals surface area (Å²) in [5, 5.41) is 0. The van der Waals surface area contributed by atoms with Crippen LogP contribution in [0.4, 0.5) is 4.79 Å². The topological polar surface area (TPSA) is 29.5 Å². The van der Waals surface area contributed by atoms with E-state index in [1.807, 2.05) is 4.90 Å². The van der Waals surface area contributed by atoms with E-state index >= 15 is 0 Å². The van der Waals surface area contributed by atoms with Crippen molar-refractivity contribution in [1.82, 2.24) is 4.90 Å². The van der Waals surface area contributed by atoms with Crippen molar-refractivity contribution < 1.29 is 9.53 Å². The summed E-state index contributed by atoms with van der Waals surface area (Å²) < 4.78 is 6.00. The van der Waals surface area contributed by atoms with E-state index < -0.39 is 0 Å². The standard InChI is InChI=1S/C30H29NO2/c1-2-20-9-3-4-10-24(20)21-17-22-15-16-23(18-21)31(22)30(32)33-19-29-27-13-7-5-11-25(27)26-12-6-8-14-28(26)29/h3-14,17,22-23,29H,2,15-16,18-19H2,1H3. The first kappa shape index (κ1) is 20.3. The molecule has 3 heteroatoms. The molecule has 3 aromatic carbocycles. The van der Waals surface area contributed by atoms with Gasteiger partial charge in [-0.3, -0.25) is 4.90 Å². The Morgan fingerprint density at radius 1 is 0.879 bits per heavy atom. The van der Waals surface area contributed by atoms with Crippen LogP contribution in [0.5, 0.6) is 0 Å². The minimum atomic E-state index is -0.163. The van der Waals surface area contributed by atoms with Crippen molar-refractivity contribution in [3.63, 3.8) is 0 Å². The van der Waals surface area contributed by atoms with E-state index in [2.05, 4.69) is 85.8 Å². The molecule has 6 rings (SSSR count). The predicted molar refractivity (Wildman–Crippen MR) is 132 cm³/mol. The van der Waals surface area contributed by atoms with Crippen LogP contribution < -0.4 is 0 Å². The van der Waals surface area contributed by atoms with E-state index in [0.29, 0.717) is 6.61 Å². The lowest BCUT2D eigenvalue weighted by Crippen LogP contribution is -2.43. The van der Waals surface area contributed by atoms with Crippen LogP contribution in [0, 0.1) is 0 Å². The second-order valence-electron chi connectivity index (χ2n) is 9.42. The number of benzene rings is 3. The summed E-state index contributed by atoms with van der Waals surface area (Å²) in [6.45, 7) is 2.60. The summed E-state index contributed by atoms with van der Waals surface area (Å²) in [5.41, 5.74) is 9.16. The molecule has 0 N–H and O–H groups in total. The number of nitrogens with zero attached hydrogens (tertiary/aromatic N) is 1. The molecule has 3 aromatic rings. The lowest BCUT2D eigenvalue weighted by atomic mass is 9.91. The van der Waals surface area contributed by atoms with Crippen molar-refractivity contribution in [2.45, 2.75) is 50.6 Å². The third kappa shape index (κ3) is 3.38. The number of carbonyl (C=O) groups excluding carboxylic acids is 1. The van der Waals surface area contributed by atoms with Crippen LogP contribution in [0.15, 0.2) is 78.9 Å². The molecule has 2 heterocycles. The summed E-state index contributed by atoms with van der Waals surface area (Å²) in [6.07, 6.45) is 6.16. The molecule has 2 bridgehead atoms. The average molecular weight is 436 g/mol. The molecule has 0 saturated carbocycles. The Bertz CT molecular complexity index is 1200. The monoisotopic (exact) mass is 435 g/mol. The molecule has 166 valence electrons. The molecule has 2 atom stereocenters. The maximum atomic E-state index is 13.3. The van der Waals surface area contributed by atoms with Gasteiger partial charge in [-0.1, -0.05) is 85.8 Å². The summed E-state index contributed by atoms with van der Waals surface area (Å²) in [4.78, 5) is 15.3. The molecule has 1 amide bonds. The molecule has 1 aliphatic carbocycles. The van der Waals surface area contributed by atoms with E-state index in [1.165, 1.54) is 39.0 Å². The molecule has 1 saturated heterocycles. The van der Waals surface area contributed by atoms with Crippen LogP contribution >= 0.6 is 0 Å². The van der Waals surface area contributed by atoms with Crippen LogP contribution in [-0.4, -0.2) is 29.7 Å². The van der Waals surface area contributed by atoms with Crippen molar-refractivity contribution in [2.24, 2.45) is 0 Å². The Labute approximate surface area is 195 Å². The zero-order valence-electron chi connectivity index (χ0n) is 19.0. The van der Waals surface area contributed by atoms with E-state index in [4.69, 9.17) is 4.74 Å². The molecule has 0 spiro atoms. The number of hydrogen-bond donors (Lipinski definition) is 0. The van der Waals surface area contributed by atoms with Crippen LogP contribution in [0.2, 0.25) is 0 Å². The van der Waals surface area contributed by atoms with E-state index in [-0.39, 0.29) is 24.1 Å². The van der Waals surface area contributed by atoms with Gasteiger partial charge < -0.3 is 4.74 Å². The second-order valence-corrected chi connectivity index (χ2v) is 9.42. The minimum absolute atomic E-state index is 0.103.